The minimum atomic E-state index is -0.372. The fourth-order valence-electron chi connectivity index (χ4n) is 3.53. The molecule has 4 rings (SSSR count). The van der Waals surface area contributed by atoms with Crippen LogP contribution in [0.3, 0.4) is 0 Å². The van der Waals surface area contributed by atoms with Crippen molar-refractivity contribution in [3.63, 3.8) is 0 Å². The summed E-state index contributed by atoms with van der Waals surface area (Å²) in [5, 5.41) is 10.8. The van der Waals surface area contributed by atoms with E-state index in [1.54, 1.807) is 12.1 Å². The monoisotopic (exact) mass is 261 g/mol. The number of rotatable bonds is 1. The summed E-state index contributed by atoms with van der Waals surface area (Å²) in [5.41, 5.74) is 0.776. The number of fused-ring (bicyclic) bond motifs is 4. The quantitative estimate of drug-likeness (QED) is 0.442. The van der Waals surface area contributed by atoms with E-state index >= 15 is 0 Å². The number of epoxide rings is 1. The second kappa shape index (κ2) is 3.70. The van der Waals surface area contributed by atoms with Crippen LogP contribution in [0.5, 0.6) is 5.75 Å². The molecule has 1 aromatic carbocycles. The lowest BCUT2D eigenvalue weighted by atomic mass is 9.79. The van der Waals surface area contributed by atoms with E-state index in [2.05, 4.69) is 0 Å². The average molecular weight is 261 g/mol. The van der Waals surface area contributed by atoms with Crippen molar-refractivity contribution >= 4 is 5.69 Å². The molecule has 2 fully saturated rings. The van der Waals surface area contributed by atoms with Crippen molar-refractivity contribution in [2.24, 2.45) is 0 Å². The molecule has 2 atom stereocenters. The van der Waals surface area contributed by atoms with Gasteiger partial charge in [-0.2, -0.15) is 0 Å². The number of hydrogen-bond donors (Lipinski definition) is 0. The van der Waals surface area contributed by atoms with E-state index in [0.29, 0.717) is 0 Å². The minimum Gasteiger partial charge on any atom is -0.484 e. The third kappa shape index (κ3) is 1.57. The van der Waals surface area contributed by atoms with Crippen LogP contribution in [-0.2, 0) is 4.74 Å². The maximum atomic E-state index is 10.8. The first-order chi connectivity index (χ1) is 9.20. The van der Waals surface area contributed by atoms with Crippen LogP contribution in [0.25, 0.3) is 0 Å². The van der Waals surface area contributed by atoms with E-state index in [9.17, 15) is 10.1 Å². The van der Waals surface area contributed by atoms with Gasteiger partial charge in [0.05, 0.1) is 4.92 Å². The van der Waals surface area contributed by atoms with E-state index in [0.717, 1.165) is 24.2 Å². The summed E-state index contributed by atoms with van der Waals surface area (Å²) in [4.78, 5) is 10.5. The van der Waals surface area contributed by atoms with E-state index in [-0.39, 0.29) is 28.4 Å². The molecule has 1 spiro atoms. The summed E-state index contributed by atoms with van der Waals surface area (Å²) in [7, 11) is 0. The van der Waals surface area contributed by atoms with Crippen LogP contribution in [-0.4, -0.2) is 16.6 Å². The van der Waals surface area contributed by atoms with Gasteiger partial charge in [0, 0.05) is 17.7 Å². The largest absolute Gasteiger partial charge is 0.484 e. The Morgan fingerprint density at radius 1 is 1.26 bits per heavy atom. The van der Waals surface area contributed by atoms with Crippen molar-refractivity contribution in [1.29, 1.82) is 0 Å². The zero-order chi connectivity index (χ0) is 13.0. The first kappa shape index (κ1) is 11.2. The number of non-ortho nitro benzene ring substituents is 1. The van der Waals surface area contributed by atoms with Crippen LogP contribution >= 0.6 is 0 Å². The number of benzene rings is 1. The highest BCUT2D eigenvalue weighted by Crippen LogP contribution is 2.58. The van der Waals surface area contributed by atoms with Crippen molar-refractivity contribution < 1.29 is 14.4 Å². The Kier molecular flexibility index (Phi) is 2.18. The lowest BCUT2D eigenvalue weighted by molar-refractivity contribution is -0.385. The Morgan fingerprint density at radius 2 is 2.05 bits per heavy atom. The van der Waals surface area contributed by atoms with E-state index in [1.807, 2.05) is 0 Å². The van der Waals surface area contributed by atoms with E-state index in [4.69, 9.17) is 9.47 Å². The van der Waals surface area contributed by atoms with Crippen LogP contribution in [0.4, 0.5) is 5.69 Å². The number of nitro benzene ring substituents is 1. The maximum absolute atomic E-state index is 10.8. The highest BCUT2D eigenvalue weighted by atomic mass is 16.6. The molecule has 2 aliphatic heterocycles. The van der Waals surface area contributed by atoms with Crippen LogP contribution < -0.4 is 4.74 Å². The molecule has 0 bridgehead atoms. The number of ether oxygens (including phenoxy) is 2. The second-order valence-corrected chi connectivity index (χ2v) is 5.68. The molecule has 2 heterocycles. The molecule has 0 aromatic heterocycles. The van der Waals surface area contributed by atoms with Gasteiger partial charge in [-0.15, -0.1) is 0 Å². The van der Waals surface area contributed by atoms with Crippen molar-refractivity contribution in [1.82, 2.24) is 0 Å². The van der Waals surface area contributed by atoms with Crippen molar-refractivity contribution in [3.05, 3.63) is 33.9 Å². The van der Waals surface area contributed by atoms with Crippen LogP contribution in [0, 0.1) is 10.1 Å². The minimum absolute atomic E-state index is 0.00162. The third-order valence-corrected chi connectivity index (χ3v) is 4.53. The number of nitro groups is 1. The number of nitrogens with zero attached hydrogens (tertiary/aromatic N) is 1. The standard InChI is InChI=1S/C14H15NO4/c16-15(17)9-4-5-11-10(8-9)12-13(18-12)14(19-11)6-2-1-3-7-14/h4-5,8,12-13H,1-3,6-7H2/t12-,13+/m0/s1. The molecular weight excluding hydrogens is 246 g/mol. The lowest BCUT2D eigenvalue weighted by Gasteiger charge is -2.39. The van der Waals surface area contributed by atoms with Crippen molar-refractivity contribution in [2.45, 2.75) is 49.9 Å². The molecule has 3 aliphatic rings. The van der Waals surface area contributed by atoms with Gasteiger partial charge < -0.3 is 9.47 Å². The Morgan fingerprint density at radius 3 is 2.79 bits per heavy atom. The molecule has 1 saturated heterocycles. The Hall–Kier alpha value is -1.62. The molecule has 1 aliphatic carbocycles. The van der Waals surface area contributed by atoms with Gasteiger partial charge in [-0.05, 0) is 31.7 Å². The molecular formula is C14H15NO4. The molecule has 0 amide bonds. The van der Waals surface area contributed by atoms with Gasteiger partial charge in [-0.1, -0.05) is 6.42 Å². The van der Waals surface area contributed by atoms with Gasteiger partial charge in [0.25, 0.3) is 5.69 Å². The lowest BCUT2D eigenvalue weighted by Crippen LogP contribution is -2.45. The fourth-order valence-corrected chi connectivity index (χ4v) is 3.53. The molecule has 0 N–H and O–H groups in total. The maximum Gasteiger partial charge on any atom is 0.270 e. The van der Waals surface area contributed by atoms with Gasteiger partial charge in [0.1, 0.15) is 23.6 Å². The topological polar surface area (TPSA) is 64.9 Å². The van der Waals surface area contributed by atoms with Gasteiger partial charge in [-0.3, -0.25) is 10.1 Å². The smallest absolute Gasteiger partial charge is 0.270 e. The van der Waals surface area contributed by atoms with Crippen LogP contribution in [0.2, 0.25) is 0 Å². The Labute approximate surface area is 110 Å². The summed E-state index contributed by atoms with van der Waals surface area (Å²) in [6.45, 7) is 0. The summed E-state index contributed by atoms with van der Waals surface area (Å²) in [6.07, 6.45) is 5.78. The summed E-state index contributed by atoms with van der Waals surface area (Å²) in [5.74, 6) is 0.770. The molecule has 5 heteroatoms. The summed E-state index contributed by atoms with van der Waals surface area (Å²) in [6, 6.07) is 4.83. The second-order valence-electron chi connectivity index (χ2n) is 5.68. The van der Waals surface area contributed by atoms with Crippen LogP contribution in [0.15, 0.2) is 18.2 Å². The average Bonchev–Trinajstić information content (AvgIpc) is 3.21. The van der Waals surface area contributed by atoms with Gasteiger partial charge in [0.2, 0.25) is 0 Å². The molecule has 19 heavy (non-hydrogen) atoms. The molecule has 0 radical (unpaired) electrons. The highest BCUT2D eigenvalue weighted by molar-refractivity contribution is 5.49. The fraction of sp³-hybridized carbons (Fsp3) is 0.571. The predicted octanol–water partition coefficient (Wildman–Crippen LogP) is 3.13. The van der Waals surface area contributed by atoms with Gasteiger partial charge >= 0.3 is 0 Å². The van der Waals surface area contributed by atoms with Crippen molar-refractivity contribution in [2.75, 3.05) is 0 Å². The third-order valence-electron chi connectivity index (χ3n) is 4.53. The molecule has 1 saturated carbocycles. The summed E-state index contributed by atoms with van der Waals surface area (Å²) >= 11 is 0. The number of hydrogen-bond acceptors (Lipinski definition) is 4. The first-order valence-corrected chi connectivity index (χ1v) is 6.82. The zero-order valence-corrected chi connectivity index (χ0v) is 10.5. The molecule has 100 valence electrons. The highest BCUT2D eigenvalue weighted by Gasteiger charge is 2.61. The molecule has 5 nitrogen and oxygen atoms in total. The van der Waals surface area contributed by atoms with E-state index < -0.39 is 0 Å². The summed E-state index contributed by atoms with van der Waals surface area (Å²) < 4.78 is 12.0. The normalized spacial score (nSPS) is 30.1. The predicted molar refractivity (Wildman–Crippen MR) is 67.2 cm³/mol. The zero-order valence-electron chi connectivity index (χ0n) is 10.5. The SMILES string of the molecule is O=[N+]([O-])c1ccc2c(c1)[C@@H]1O[C@H]1C1(CCCCC1)O2. The van der Waals surface area contributed by atoms with Crippen LogP contribution in [0.1, 0.15) is 43.8 Å². The van der Waals surface area contributed by atoms with Crippen molar-refractivity contribution in [3.8, 4) is 5.75 Å². The molecule has 1 aromatic rings. The van der Waals surface area contributed by atoms with Gasteiger partial charge in [-0.25, -0.2) is 0 Å². The first-order valence-electron chi connectivity index (χ1n) is 6.82. The Bertz CT molecular complexity index is 550. The Balaban J connectivity index is 1.72. The van der Waals surface area contributed by atoms with Gasteiger partial charge in [0.15, 0.2) is 0 Å². The molecule has 0 unspecified atom stereocenters. The van der Waals surface area contributed by atoms with E-state index in [1.165, 1.54) is 25.3 Å².